The fraction of sp³-hybridized carbons (Fsp3) is 0.474. The smallest absolute Gasteiger partial charge is 0.311 e. The molecule has 0 aliphatic carbocycles. The van der Waals surface area contributed by atoms with Crippen LogP contribution in [-0.2, 0) is 15.3 Å². The van der Waals surface area contributed by atoms with Crippen molar-refractivity contribution in [2.24, 2.45) is 5.92 Å². The summed E-state index contributed by atoms with van der Waals surface area (Å²) in [6.07, 6.45) is 4.17. The van der Waals surface area contributed by atoms with Gasteiger partial charge in [0.2, 0.25) is 0 Å². The first-order valence-corrected chi connectivity index (χ1v) is 8.52. The highest BCUT2D eigenvalue weighted by atomic mass is 16.5. The molecule has 1 aliphatic heterocycles. The van der Waals surface area contributed by atoms with Crippen LogP contribution in [0.3, 0.4) is 0 Å². The van der Waals surface area contributed by atoms with E-state index in [-0.39, 0.29) is 0 Å². The summed E-state index contributed by atoms with van der Waals surface area (Å²) in [5.41, 5.74) is 0.802. The van der Waals surface area contributed by atoms with E-state index in [1.807, 2.05) is 30.3 Å². The maximum absolute atomic E-state index is 12.1. The molecule has 2 heterocycles. The summed E-state index contributed by atoms with van der Waals surface area (Å²) in [6.45, 7) is 3.74. The molecule has 5 nitrogen and oxygen atoms in total. The fourth-order valence-electron chi connectivity index (χ4n) is 4.05. The standard InChI is InChI=1S/C19H24N2O3/c1-3-12-21-13-6-8-16(18(22)23)19(21,24-2)15-10-11-20-17-9-5-4-7-14(15)17/h4-5,7,9-11,16H,3,6,8,12-13H2,1-2H3,(H,22,23). The summed E-state index contributed by atoms with van der Waals surface area (Å²) >= 11 is 0. The minimum Gasteiger partial charge on any atom is -0.481 e. The van der Waals surface area contributed by atoms with E-state index in [0.29, 0.717) is 6.42 Å². The number of fused-ring (bicyclic) bond motifs is 1. The minimum atomic E-state index is -0.956. The van der Waals surface area contributed by atoms with Crippen LogP contribution in [0.25, 0.3) is 10.9 Å². The Morgan fingerprint density at radius 2 is 2.21 bits per heavy atom. The molecule has 1 aromatic heterocycles. The second-order valence-electron chi connectivity index (χ2n) is 6.30. The Hall–Kier alpha value is -1.98. The van der Waals surface area contributed by atoms with Crippen LogP contribution in [-0.4, -0.2) is 41.2 Å². The topological polar surface area (TPSA) is 62.7 Å². The minimum absolute atomic E-state index is 0.603. The van der Waals surface area contributed by atoms with Gasteiger partial charge < -0.3 is 9.84 Å². The first kappa shape index (κ1) is 16.9. The lowest BCUT2D eigenvalue weighted by Crippen LogP contribution is -2.58. The SMILES string of the molecule is CCCN1CCCC(C(=O)O)C1(OC)c1ccnc2ccccc12. The third kappa shape index (κ3) is 2.58. The Morgan fingerprint density at radius 1 is 1.42 bits per heavy atom. The van der Waals surface area contributed by atoms with Gasteiger partial charge in [0.25, 0.3) is 0 Å². The van der Waals surface area contributed by atoms with Crippen molar-refractivity contribution in [2.75, 3.05) is 20.2 Å². The molecule has 1 saturated heterocycles. The quantitative estimate of drug-likeness (QED) is 0.913. The van der Waals surface area contributed by atoms with Crippen LogP contribution in [0.5, 0.6) is 0 Å². The highest BCUT2D eigenvalue weighted by Gasteiger charge is 2.52. The number of hydrogen-bond donors (Lipinski definition) is 1. The summed E-state index contributed by atoms with van der Waals surface area (Å²) < 4.78 is 6.03. The molecular weight excluding hydrogens is 304 g/mol. The van der Waals surface area contributed by atoms with Crippen molar-refractivity contribution in [1.29, 1.82) is 0 Å². The molecule has 1 N–H and O–H groups in total. The number of carbonyl (C=O) groups is 1. The Morgan fingerprint density at radius 3 is 2.92 bits per heavy atom. The summed E-state index contributed by atoms with van der Waals surface area (Å²) in [5, 5.41) is 10.9. The predicted molar refractivity (Wildman–Crippen MR) is 92.7 cm³/mol. The second kappa shape index (κ2) is 6.87. The van der Waals surface area contributed by atoms with Gasteiger partial charge in [0.1, 0.15) is 5.92 Å². The van der Waals surface area contributed by atoms with E-state index in [0.717, 1.165) is 42.4 Å². The zero-order valence-electron chi connectivity index (χ0n) is 14.2. The number of carboxylic acids is 1. The van der Waals surface area contributed by atoms with Crippen molar-refractivity contribution >= 4 is 16.9 Å². The van der Waals surface area contributed by atoms with Gasteiger partial charge in [0.15, 0.2) is 5.72 Å². The van der Waals surface area contributed by atoms with Crippen molar-refractivity contribution < 1.29 is 14.6 Å². The van der Waals surface area contributed by atoms with E-state index < -0.39 is 17.6 Å². The van der Waals surface area contributed by atoms with Gasteiger partial charge >= 0.3 is 5.97 Å². The summed E-state index contributed by atoms with van der Waals surface area (Å²) in [6, 6.07) is 9.76. The lowest BCUT2D eigenvalue weighted by atomic mass is 9.79. The molecule has 0 spiro atoms. The highest BCUT2D eigenvalue weighted by Crippen LogP contribution is 2.45. The third-order valence-corrected chi connectivity index (χ3v) is 5.00. The zero-order valence-corrected chi connectivity index (χ0v) is 14.2. The predicted octanol–water partition coefficient (Wildman–Crippen LogP) is 3.24. The molecule has 1 aromatic carbocycles. The van der Waals surface area contributed by atoms with E-state index in [2.05, 4.69) is 16.8 Å². The molecule has 0 radical (unpaired) electrons. The molecule has 2 aromatic rings. The van der Waals surface area contributed by atoms with E-state index >= 15 is 0 Å². The van der Waals surface area contributed by atoms with Crippen LogP contribution in [0, 0.1) is 5.92 Å². The van der Waals surface area contributed by atoms with Gasteiger partial charge in [0.05, 0.1) is 5.52 Å². The van der Waals surface area contributed by atoms with Crippen molar-refractivity contribution in [1.82, 2.24) is 9.88 Å². The number of nitrogens with zero attached hydrogens (tertiary/aromatic N) is 2. The number of carboxylic acid groups (broad SMARTS) is 1. The summed E-state index contributed by atoms with van der Waals surface area (Å²) in [4.78, 5) is 18.7. The first-order chi connectivity index (χ1) is 11.6. The lowest BCUT2D eigenvalue weighted by Gasteiger charge is -2.50. The molecule has 128 valence electrons. The van der Waals surface area contributed by atoms with Gasteiger partial charge in [-0.25, -0.2) is 0 Å². The van der Waals surface area contributed by atoms with E-state index in [9.17, 15) is 9.90 Å². The molecule has 1 fully saturated rings. The number of para-hydroxylation sites is 1. The largest absolute Gasteiger partial charge is 0.481 e. The van der Waals surface area contributed by atoms with Gasteiger partial charge in [0, 0.05) is 37.3 Å². The monoisotopic (exact) mass is 328 g/mol. The molecule has 0 amide bonds. The molecule has 24 heavy (non-hydrogen) atoms. The molecule has 2 atom stereocenters. The number of pyridine rings is 1. The van der Waals surface area contributed by atoms with E-state index in [1.54, 1.807) is 13.3 Å². The molecule has 0 bridgehead atoms. The zero-order chi connectivity index (χ0) is 17.2. The molecule has 3 rings (SSSR count). The Balaban J connectivity index is 2.26. The lowest BCUT2D eigenvalue weighted by molar-refractivity contribution is -0.210. The molecule has 1 aliphatic rings. The number of aromatic nitrogens is 1. The molecule has 0 saturated carbocycles. The van der Waals surface area contributed by atoms with Crippen LogP contribution in [0.4, 0.5) is 0 Å². The van der Waals surface area contributed by atoms with Gasteiger partial charge in [-0.1, -0.05) is 25.1 Å². The van der Waals surface area contributed by atoms with Crippen LogP contribution < -0.4 is 0 Å². The Bertz CT molecular complexity index is 726. The number of aliphatic carboxylic acids is 1. The maximum Gasteiger partial charge on any atom is 0.311 e. The van der Waals surface area contributed by atoms with Crippen molar-refractivity contribution in [3.05, 3.63) is 42.1 Å². The van der Waals surface area contributed by atoms with Gasteiger partial charge in [-0.15, -0.1) is 0 Å². The van der Waals surface area contributed by atoms with Crippen molar-refractivity contribution in [3.8, 4) is 0 Å². The van der Waals surface area contributed by atoms with Gasteiger partial charge in [-0.2, -0.15) is 0 Å². The van der Waals surface area contributed by atoms with Crippen LogP contribution in [0.15, 0.2) is 36.5 Å². The van der Waals surface area contributed by atoms with Crippen molar-refractivity contribution in [3.63, 3.8) is 0 Å². The number of piperidine rings is 1. The summed E-state index contributed by atoms with van der Waals surface area (Å²) in [5.74, 6) is -1.41. The van der Waals surface area contributed by atoms with Crippen molar-refractivity contribution in [2.45, 2.75) is 31.9 Å². The highest BCUT2D eigenvalue weighted by molar-refractivity contribution is 5.84. The number of likely N-dealkylation sites (tertiary alicyclic amines) is 1. The molecule has 2 unspecified atom stereocenters. The fourth-order valence-corrected chi connectivity index (χ4v) is 4.05. The number of methoxy groups -OCH3 is 1. The Labute approximate surface area is 142 Å². The molecular formula is C19H24N2O3. The molecule has 5 heteroatoms. The normalized spacial score (nSPS) is 25.0. The van der Waals surface area contributed by atoms with Crippen LogP contribution >= 0.6 is 0 Å². The number of ether oxygens (including phenoxy) is 1. The number of benzene rings is 1. The van der Waals surface area contributed by atoms with Crippen LogP contribution in [0.2, 0.25) is 0 Å². The van der Waals surface area contributed by atoms with Gasteiger partial charge in [-0.05, 0) is 31.4 Å². The Kier molecular flexibility index (Phi) is 4.83. The summed E-state index contributed by atoms with van der Waals surface area (Å²) in [7, 11) is 1.62. The average Bonchev–Trinajstić information content (AvgIpc) is 2.61. The second-order valence-corrected chi connectivity index (χ2v) is 6.30. The van der Waals surface area contributed by atoms with E-state index in [1.165, 1.54) is 0 Å². The third-order valence-electron chi connectivity index (χ3n) is 5.00. The van der Waals surface area contributed by atoms with E-state index in [4.69, 9.17) is 4.74 Å². The van der Waals surface area contributed by atoms with Gasteiger partial charge in [-0.3, -0.25) is 14.7 Å². The average molecular weight is 328 g/mol. The number of hydrogen-bond acceptors (Lipinski definition) is 4. The van der Waals surface area contributed by atoms with Crippen LogP contribution in [0.1, 0.15) is 31.7 Å². The first-order valence-electron chi connectivity index (χ1n) is 8.52. The maximum atomic E-state index is 12.1. The number of rotatable bonds is 5.